The molecule has 8 heteroatoms. The molecule has 0 aliphatic carbocycles. The van der Waals surface area contributed by atoms with Gasteiger partial charge in [0.25, 0.3) is 0 Å². The van der Waals surface area contributed by atoms with Gasteiger partial charge in [0, 0.05) is 38.1 Å². The number of carbonyl (C=O) groups excluding carboxylic acids is 1. The van der Waals surface area contributed by atoms with Crippen LogP contribution in [-0.4, -0.2) is 35.5 Å². The van der Waals surface area contributed by atoms with Crippen molar-refractivity contribution < 1.29 is 18.0 Å². The molecule has 1 unspecified atom stereocenters. The number of halogens is 3. The summed E-state index contributed by atoms with van der Waals surface area (Å²) in [5, 5.41) is 0. The number of hydrogen-bond acceptors (Lipinski definition) is 3. The summed E-state index contributed by atoms with van der Waals surface area (Å²) in [6, 6.07) is 16.0. The number of urea groups is 1. The van der Waals surface area contributed by atoms with E-state index in [4.69, 9.17) is 0 Å². The zero-order chi connectivity index (χ0) is 25.3. The lowest BCUT2D eigenvalue weighted by Crippen LogP contribution is -2.32. The van der Waals surface area contributed by atoms with Gasteiger partial charge in [0.1, 0.15) is 5.82 Å². The van der Waals surface area contributed by atoms with Crippen LogP contribution in [0.3, 0.4) is 0 Å². The summed E-state index contributed by atoms with van der Waals surface area (Å²) < 4.78 is 40.3. The zero-order valence-electron chi connectivity index (χ0n) is 20.2. The molecule has 0 saturated carbocycles. The summed E-state index contributed by atoms with van der Waals surface area (Å²) >= 11 is 0. The predicted molar refractivity (Wildman–Crippen MR) is 134 cm³/mol. The predicted octanol–water partition coefficient (Wildman–Crippen LogP) is 6.58. The number of piperidine rings is 1. The highest BCUT2D eigenvalue weighted by Crippen LogP contribution is 2.38. The summed E-state index contributed by atoms with van der Waals surface area (Å²) in [6.07, 6.45) is 0.922. The third-order valence-corrected chi connectivity index (χ3v) is 6.96. The first kappa shape index (κ1) is 24.2. The Morgan fingerprint density at radius 2 is 1.72 bits per heavy atom. The fraction of sp³-hybridized carbons (Fsp3) is 0.357. The summed E-state index contributed by atoms with van der Waals surface area (Å²) in [7, 11) is 0. The van der Waals surface area contributed by atoms with Gasteiger partial charge in [-0.25, -0.2) is 9.78 Å². The summed E-state index contributed by atoms with van der Waals surface area (Å²) in [4.78, 5) is 23.8. The number of rotatable bonds is 5. The largest absolute Gasteiger partial charge is 0.416 e. The molecule has 0 N–H and O–H groups in total. The molecular weight excluding hydrogens is 465 g/mol. The highest BCUT2D eigenvalue weighted by atomic mass is 19.4. The van der Waals surface area contributed by atoms with E-state index in [1.54, 1.807) is 22.1 Å². The number of pyridine rings is 1. The van der Waals surface area contributed by atoms with Crippen molar-refractivity contribution >= 4 is 17.5 Å². The minimum absolute atomic E-state index is 0.235. The van der Waals surface area contributed by atoms with Crippen LogP contribution in [0.2, 0.25) is 0 Å². The molecule has 36 heavy (non-hydrogen) atoms. The Balaban J connectivity index is 1.41. The molecule has 1 aromatic heterocycles. The summed E-state index contributed by atoms with van der Waals surface area (Å²) in [5.41, 5.74) is 2.33. The van der Waals surface area contributed by atoms with E-state index >= 15 is 0 Å². The molecule has 5 nitrogen and oxygen atoms in total. The lowest BCUT2D eigenvalue weighted by molar-refractivity contribution is -0.137. The van der Waals surface area contributed by atoms with E-state index in [2.05, 4.69) is 9.88 Å². The van der Waals surface area contributed by atoms with E-state index in [1.807, 2.05) is 43.3 Å². The molecule has 2 amide bonds. The number of carbonyl (C=O) groups is 1. The van der Waals surface area contributed by atoms with Gasteiger partial charge in [-0.1, -0.05) is 35.9 Å². The van der Waals surface area contributed by atoms with Crippen LogP contribution < -0.4 is 9.80 Å². The molecule has 2 aromatic carbocycles. The minimum atomic E-state index is -4.45. The van der Waals surface area contributed by atoms with Gasteiger partial charge in [0.2, 0.25) is 0 Å². The third kappa shape index (κ3) is 5.03. The molecule has 2 fully saturated rings. The van der Waals surface area contributed by atoms with E-state index in [0.29, 0.717) is 17.8 Å². The fourth-order valence-electron chi connectivity index (χ4n) is 5.00. The van der Waals surface area contributed by atoms with Crippen LogP contribution in [0.4, 0.5) is 29.5 Å². The Bertz CT molecular complexity index is 1200. The SMILES string of the molecule is Cc1ccc(N2C(=O)N(Cc3ccc(N4CCCCC4)nc3)CC2c2cccc(C(F)(F)F)c2)cc1. The lowest BCUT2D eigenvalue weighted by atomic mass is 10.0. The van der Waals surface area contributed by atoms with Crippen molar-refractivity contribution in [2.75, 3.05) is 29.4 Å². The minimum Gasteiger partial charge on any atom is -0.357 e. The molecule has 2 aliphatic heterocycles. The average Bonchev–Trinajstić information content (AvgIpc) is 3.21. The van der Waals surface area contributed by atoms with Gasteiger partial charge in [-0.15, -0.1) is 0 Å². The normalized spacial score (nSPS) is 18.7. The molecule has 3 heterocycles. The Morgan fingerprint density at radius 1 is 0.972 bits per heavy atom. The second-order valence-electron chi connectivity index (χ2n) is 9.58. The first-order valence-corrected chi connectivity index (χ1v) is 12.3. The Labute approximate surface area is 209 Å². The first-order valence-electron chi connectivity index (χ1n) is 12.3. The molecule has 2 saturated heterocycles. The molecule has 0 spiro atoms. The zero-order valence-corrected chi connectivity index (χ0v) is 20.2. The van der Waals surface area contributed by atoms with E-state index in [9.17, 15) is 18.0 Å². The quantitative estimate of drug-likeness (QED) is 0.402. The molecular formula is C28H29F3N4O. The number of nitrogens with zero attached hydrogens (tertiary/aromatic N) is 4. The number of amides is 2. The van der Waals surface area contributed by atoms with Crippen molar-refractivity contribution in [3.63, 3.8) is 0 Å². The standard InChI is InChI=1S/C28H29F3N4O/c1-20-8-11-24(12-9-20)35-25(22-6-5-7-23(16-22)28(29,30)31)19-34(27(35)36)18-21-10-13-26(32-17-21)33-14-3-2-4-15-33/h5-13,16-17,25H,2-4,14-15,18-19H2,1H3. The lowest BCUT2D eigenvalue weighted by Gasteiger charge is -2.27. The van der Waals surface area contributed by atoms with Crippen molar-refractivity contribution in [3.05, 3.63) is 89.1 Å². The first-order chi connectivity index (χ1) is 17.3. The molecule has 188 valence electrons. The highest BCUT2D eigenvalue weighted by molar-refractivity contribution is 5.95. The average molecular weight is 495 g/mol. The number of benzene rings is 2. The van der Waals surface area contributed by atoms with Gasteiger partial charge in [-0.2, -0.15) is 13.2 Å². The maximum absolute atomic E-state index is 13.6. The smallest absolute Gasteiger partial charge is 0.357 e. The molecule has 5 rings (SSSR count). The van der Waals surface area contributed by atoms with Gasteiger partial charge < -0.3 is 9.80 Å². The van der Waals surface area contributed by atoms with Gasteiger partial charge in [-0.05, 0) is 67.6 Å². The van der Waals surface area contributed by atoms with E-state index < -0.39 is 17.8 Å². The van der Waals surface area contributed by atoms with Gasteiger partial charge in [-0.3, -0.25) is 4.90 Å². The van der Waals surface area contributed by atoms with E-state index in [0.717, 1.165) is 55.0 Å². The second-order valence-corrected chi connectivity index (χ2v) is 9.58. The van der Waals surface area contributed by atoms with Crippen molar-refractivity contribution in [2.24, 2.45) is 0 Å². The van der Waals surface area contributed by atoms with Gasteiger partial charge in [0.05, 0.1) is 11.6 Å². The fourth-order valence-corrected chi connectivity index (χ4v) is 5.00. The maximum Gasteiger partial charge on any atom is 0.416 e. The van der Waals surface area contributed by atoms with Crippen LogP contribution in [-0.2, 0) is 12.7 Å². The van der Waals surface area contributed by atoms with Crippen LogP contribution in [0.5, 0.6) is 0 Å². The van der Waals surface area contributed by atoms with Crippen LogP contribution in [0, 0.1) is 6.92 Å². The number of anilines is 2. The summed E-state index contributed by atoms with van der Waals surface area (Å²) in [6.45, 7) is 4.57. The topological polar surface area (TPSA) is 39.7 Å². The van der Waals surface area contributed by atoms with Crippen LogP contribution in [0.15, 0.2) is 66.9 Å². The molecule has 3 aromatic rings. The number of alkyl halides is 3. The van der Waals surface area contributed by atoms with E-state index in [1.165, 1.54) is 12.5 Å². The molecule has 0 radical (unpaired) electrons. The second kappa shape index (κ2) is 9.84. The maximum atomic E-state index is 13.6. The third-order valence-electron chi connectivity index (χ3n) is 6.96. The monoisotopic (exact) mass is 494 g/mol. The Morgan fingerprint density at radius 3 is 2.39 bits per heavy atom. The van der Waals surface area contributed by atoms with Crippen molar-refractivity contribution in [1.29, 1.82) is 0 Å². The molecule has 2 aliphatic rings. The number of aryl methyl sites for hydroxylation is 1. The van der Waals surface area contributed by atoms with Crippen molar-refractivity contribution in [1.82, 2.24) is 9.88 Å². The summed E-state index contributed by atoms with van der Waals surface area (Å²) in [5.74, 6) is 0.939. The van der Waals surface area contributed by atoms with Gasteiger partial charge in [0.15, 0.2) is 0 Å². The van der Waals surface area contributed by atoms with E-state index in [-0.39, 0.29) is 12.6 Å². The van der Waals surface area contributed by atoms with Gasteiger partial charge >= 0.3 is 12.2 Å². The number of hydrogen-bond donors (Lipinski definition) is 0. The van der Waals surface area contributed by atoms with Crippen molar-refractivity contribution in [3.8, 4) is 0 Å². The molecule has 0 bridgehead atoms. The highest BCUT2D eigenvalue weighted by Gasteiger charge is 2.40. The Hall–Kier alpha value is -3.55. The van der Waals surface area contributed by atoms with Crippen molar-refractivity contribution in [2.45, 2.75) is 44.9 Å². The van der Waals surface area contributed by atoms with Crippen LogP contribution in [0.1, 0.15) is 47.6 Å². The van der Waals surface area contributed by atoms with Crippen LogP contribution in [0.25, 0.3) is 0 Å². The number of aromatic nitrogens is 1. The Kier molecular flexibility index (Phi) is 6.60. The van der Waals surface area contributed by atoms with Crippen LogP contribution >= 0.6 is 0 Å². The molecule has 1 atom stereocenters.